The van der Waals surface area contributed by atoms with Crippen LogP contribution >= 0.6 is 11.5 Å². The highest BCUT2D eigenvalue weighted by atomic mass is 32.1. The van der Waals surface area contributed by atoms with Crippen LogP contribution in [0, 0.1) is 5.41 Å². The second-order valence-corrected chi connectivity index (χ2v) is 6.08. The predicted octanol–water partition coefficient (Wildman–Crippen LogP) is 2.39. The van der Waals surface area contributed by atoms with Crippen molar-refractivity contribution >= 4 is 17.5 Å². The van der Waals surface area contributed by atoms with Crippen LogP contribution in [-0.4, -0.2) is 40.5 Å². The van der Waals surface area contributed by atoms with E-state index in [0.717, 1.165) is 24.5 Å². The number of carboxylic acid groups (broad SMARTS) is 1. The maximum Gasteiger partial charge on any atom is 0.310 e. The van der Waals surface area contributed by atoms with Gasteiger partial charge in [-0.25, -0.2) is 0 Å². The number of carbonyl (C=O) groups is 1. The molecule has 1 aromatic heterocycles. The van der Waals surface area contributed by atoms with Crippen molar-refractivity contribution in [3.63, 3.8) is 0 Å². The molecular formula is C14H20N2O3S. The van der Waals surface area contributed by atoms with Crippen LogP contribution in [0.2, 0.25) is 0 Å². The van der Waals surface area contributed by atoms with E-state index in [1.165, 1.54) is 11.5 Å². The van der Waals surface area contributed by atoms with Crippen molar-refractivity contribution in [3.8, 4) is 5.88 Å². The standard InChI is InChI=1S/C14H20N2O3S/c1-3-4-14(13(17)18)5-7-16(8-6-14)10-11-9-12(19-2)15-20-11/h3,9H,1,4-8,10H2,2H3,(H,17,18). The maximum atomic E-state index is 11.5. The number of aromatic nitrogens is 1. The number of ether oxygens (including phenoxy) is 1. The van der Waals surface area contributed by atoms with E-state index in [1.807, 2.05) is 6.07 Å². The lowest BCUT2D eigenvalue weighted by Crippen LogP contribution is -2.43. The van der Waals surface area contributed by atoms with Gasteiger partial charge >= 0.3 is 5.97 Å². The molecule has 1 N–H and O–H groups in total. The molecule has 0 spiro atoms. The zero-order valence-corrected chi connectivity index (χ0v) is 12.5. The van der Waals surface area contributed by atoms with E-state index < -0.39 is 11.4 Å². The Labute approximate surface area is 123 Å². The van der Waals surface area contributed by atoms with Gasteiger partial charge in [0.1, 0.15) is 0 Å². The van der Waals surface area contributed by atoms with Crippen molar-refractivity contribution in [2.75, 3.05) is 20.2 Å². The van der Waals surface area contributed by atoms with E-state index in [0.29, 0.717) is 25.1 Å². The number of likely N-dealkylation sites (tertiary alicyclic amines) is 1. The first kappa shape index (κ1) is 15.0. The number of hydrogen-bond acceptors (Lipinski definition) is 5. The molecule has 0 aliphatic carbocycles. The van der Waals surface area contributed by atoms with Gasteiger partial charge in [0.25, 0.3) is 0 Å². The van der Waals surface area contributed by atoms with Gasteiger partial charge in [0.05, 0.1) is 12.5 Å². The van der Waals surface area contributed by atoms with Crippen LogP contribution in [0.1, 0.15) is 24.1 Å². The van der Waals surface area contributed by atoms with Crippen LogP contribution in [0.15, 0.2) is 18.7 Å². The summed E-state index contributed by atoms with van der Waals surface area (Å²) in [6.07, 6.45) is 3.61. The van der Waals surface area contributed by atoms with Crippen LogP contribution in [0.3, 0.4) is 0 Å². The van der Waals surface area contributed by atoms with E-state index >= 15 is 0 Å². The van der Waals surface area contributed by atoms with Crippen LogP contribution in [0.5, 0.6) is 5.88 Å². The predicted molar refractivity (Wildman–Crippen MR) is 78.1 cm³/mol. The van der Waals surface area contributed by atoms with Crippen LogP contribution in [-0.2, 0) is 11.3 Å². The minimum absolute atomic E-state index is 0.546. The summed E-state index contributed by atoms with van der Waals surface area (Å²) in [5.74, 6) is -0.0509. The minimum Gasteiger partial charge on any atom is -0.481 e. The number of rotatable bonds is 6. The van der Waals surface area contributed by atoms with E-state index in [1.54, 1.807) is 13.2 Å². The van der Waals surface area contributed by atoms with Gasteiger partial charge < -0.3 is 9.84 Å². The fourth-order valence-electron chi connectivity index (χ4n) is 2.61. The normalized spacial score (nSPS) is 18.6. The topological polar surface area (TPSA) is 62.7 Å². The third-order valence-corrected chi connectivity index (χ3v) is 4.68. The van der Waals surface area contributed by atoms with Gasteiger partial charge in [-0.2, -0.15) is 4.37 Å². The molecule has 20 heavy (non-hydrogen) atoms. The van der Waals surface area contributed by atoms with Crippen molar-refractivity contribution in [3.05, 3.63) is 23.6 Å². The van der Waals surface area contributed by atoms with Crippen LogP contribution in [0.4, 0.5) is 0 Å². The Morgan fingerprint density at radius 1 is 1.65 bits per heavy atom. The molecule has 0 atom stereocenters. The zero-order chi connectivity index (χ0) is 14.6. The van der Waals surface area contributed by atoms with Gasteiger partial charge in [-0.3, -0.25) is 9.69 Å². The molecule has 0 radical (unpaired) electrons. The average Bonchev–Trinajstić information content (AvgIpc) is 2.89. The molecule has 2 rings (SSSR count). The van der Waals surface area contributed by atoms with Crippen molar-refractivity contribution in [1.29, 1.82) is 0 Å². The van der Waals surface area contributed by atoms with Crippen molar-refractivity contribution in [2.24, 2.45) is 5.41 Å². The molecule has 5 nitrogen and oxygen atoms in total. The number of nitrogens with zero attached hydrogens (tertiary/aromatic N) is 2. The summed E-state index contributed by atoms with van der Waals surface area (Å²) < 4.78 is 9.24. The second kappa shape index (κ2) is 6.37. The highest BCUT2D eigenvalue weighted by molar-refractivity contribution is 7.05. The molecule has 0 amide bonds. The van der Waals surface area contributed by atoms with E-state index in [4.69, 9.17) is 4.74 Å². The fourth-order valence-corrected chi connectivity index (χ4v) is 3.33. The Kier molecular flexibility index (Phi) is 4.77. The van der Waals surface area contributed by atoms with E-state index in [-0.39, 0.29) is 0 Å². The SMILES string of the molecule is C=CCC1(C(=O)O)CCN(Cc2cc(OC)ns2)CC1. The molecule has 1 fully saturated rings. The van der Waals surface area contributed by atoms with Gasteiger partial charge in [-0.15, -0.1) is 6.58 Å². The number of carboxylic acids is 1. The molecule has 2 heterocycles. The fraction of sp³-hybridized carbons (Fsp3) is 0.571. The minimum atomic E-state index is -0.698. The number of piperidine rings is 1. The quantitative estimate of drug-likeness (QED) is 0.817. The molecule has 1 aromatic rings. The van der Waals surface area contributed by atoms with Gasteiger partial charge in [-0.05, 0) is 43.9 Å². The summed E-state index contributed by atoms with van der Waals surface area (Å²) in [5.41, 5.74) is -0.621. The first-order chi connectivity index (χ1) is 9.59. The lowest BCUT2D eigenvalue weighted by molar-refractivity contribution is -0.152. The molecule has 0 saturated carbocycles. The first-order valence-electron chi connectivity index (χ1n) is 6.66. The van der Waals surface area contributed by atoms with Crippen LogP contribution < -0.4 is 4.74 Å². The van der Waals surface area contributed by atoms with E-state index in [2.05, 4.69) is 15.9 Å². The maximum absolute atomic E-state index is 11.5. The molecule has 1 saturated heterocycles. The van der Waals surface area contributed by atoms with E-state index in [9.17, 15) is 9.90 Å². The largest absolute Gasteiger partial charge is 0.481 e. The van der Waals surface area contributed by atoms with Crippen molar-refractivity contribution in [2.45, 2.75) is 25.8 Å². The molecule has 0 aromatic carbocycles. The molecule has 0 bridgehead atoms. The van der Waals surface area contributed by atoms with Crippen LogP contribution in [0.25, 0.3) is 0 Å². The molecule has 0 unspecified atom stereocenters. The summed E-state index contributed by atoms with van der Waals surface area (Å²) in [7, 11) is 1.61. The average molecular weight is 296 g/mol. The summed E-state index contributed by atoms with van der Waals surface area (Å²) in [6, 6.07) is 1.94. The summed E-state index contributed by atoms with van der Waals surface area (Å²) in [6.45, 7) is 6.08. The molecule has 1 aliphatic heterocycles. The first-order valence-corrected chi connectivity index (χ1v) is 7.43. The number of aliphatic carboxylic acids is 1. The van der Waals surface area contributed by atoms with Crippen molar-refractivity contribution < 1.29 is 14.6 Å². The lowest BCUT2D eigenvalue weighted by atomic mass is 9.76. The monoisotopic (exact) mass is 296 g/mol. The Morgan fingerprint density at radius 3 is 2.85 bits per heavy atom. The number of hydrogen-bond donors (Lipinski definition) is 1. The molecule has 1 aliphatic rings. The van der Waals surface area contributed by atoms with Crippen molar-refractivity contribution in [1.82, 2.24) is 9.27 Å². The van der Waals surface area contributed by atoms with Gasteiger partial charge in [-0.1, -0.05) is 6.08 Å². The Hall–Kier alpha value is -1.40. The summed E-state index contributed by atoms with van der Waals surface area (Å²) in [5, 5.41) is 9.44. The van der Waals surface area contributed by atoms with Gasteiger partial charge in [0, 0.05) is 17.5 Å². The molecular weight excluding hydrogens is 276 g/mol. The zero-order valence-electron chi connectivity index (χ0n) is 11.7. The summed E-state index contributed by atoms with van der Waals surface area (Å²) in [4.78, 5) is 14.9. The van der Waals surface area contributed by atoms with Gasteiger partial charge in [0.2, 0.25) is 5.88 Å². The second-order valence-electron chi connectivity index (χ2n) is 5.19. The Bertz CT molecular complexity index is 479. The number of methoxy groups -OCH3 is 1. The highest BCUT2D eigenvalue weighted by Crippen LogP contribution is 2.36. The highest BCUT2D eigenvalue weighted by Gasteiger charge is 2.40. The third kappa shape index (κ3) is 3.19. The van der Waals surface area contributed by atoms with Gasteiger partial charge in [0.15, 0.2) is 0 Å². The third-order valence-electron chi connectivity index (χ3n) is 3.93. The Morgan fingerprint density at radius 2 is 2.35 bits per heavy atom. The summed E-state index contributed by atoms with van der Waals surface area (Å²) >= 11 is 1.44. The molecule has 6 heteroatoms. The Balaban J connectivity index is 1.93. The smallest absolute Gasteiger partial charge is 0.310 e. The number of allylic oxidation sites excluding steroid dienone is 1. The molecule has 110 valence electrons. The lowest BCUT2D eigenvalue weighted by Gasteiger charge is -2.38.